The average molecular weight is 205 g/mol. The Morgan fingerprint density at radius 3 is 2.80 bits per heavy atom. The van der Waals surface area contributed by atoms with Crippen LogP contribution >= 0.6 is 0 Å². The molecule has 2 bridgehead atoms. The van der Waals surface area contributed by atoms with Crippen molar-refractivity contribution in [2.45, 2.75) is 31.1 Å². The van der Waals surface area contributed by atoms with E-state index in [1.807, 2.05) is 0 Å². The fourth-order valence-electron chi connectivity index (χ4n) is 2.97. The summed E-state index contributed by atoms with van der Waals surface area (Å²) in [4.78, 5) is 7.08. The van der Waals surface area contributed by atoms with E-state index < -0.39 is 0 Å². The molecule has 4 heteroatoms. The standard InChI is InChI=1S/C11H15N3O/c1-2-7(1)10-12-11(15-13-10)9-6-14-4-3-8(9)5-14/h7-9H,1-6H2. The molecule has 4 nitrogen and oxygen atoms in total. The van der Waals surface area contributed by atoms with Crippen molar-refractivity contribution in [1.82, 2.24) is 15.0 Å². The van der Waals surface area contributed by atoms with E-state index >= 15 is 0 Å². The molecule has 1 aromatic rings. The maximum absolute atomic E-state index is 5.41. The highest BCUT2D eigenvalue weighted by Crippen LogP contribution is 2.42. The molecule has 3 atom stereocenters. The Labute approximate surface area is 88.6 Å². The minimum absolute atomic E-state index is 0.527. The third-order valence-electron chi connectivity index (χ3n) is 4.05. The van der Waals surface area contributed by atoms with Crippen LogP contribution in [0.1, 0.15) is 42.8 Å². The van der Waals surface area contributed by atoms with E-state index in [1.54, 1.807) is 0 Å². The third-order valence-corrected chi connectivity index (χ3v) is 4.05. The van der Waals surface area contributed by atoms with Crippen LogP contribution in [0.2, 0.25) is 0 Å². The smallest absolute Gasteiger partial charge is 0.231 e. The second-order valence-electron chi connectivity index (χ2n) is 5.18. The second kappa shape index (κ2) is 2.82. The van der Waals surface area contributed by atoms with Crippen molar-refractivity contribution < 1.29 is 4.52 Å². The van der Waals surface area contributed by atoms with Crippen molar-refractivity contribution in [3.63, 3.8) is 0 Å². The SMILES string of the molecule is C1CC1c1noc(C2CN3CCC2C3)n1. The lowest BCUT2D eigenvalue weighted by Crippen LogP contribution is -2.22. The molecular formula is C11H15N3O. The van der Waals surface area contributed by atoms with Crippen molar-refractivity contribution in [2.24, 2.45) is 5.92 Å². The van der Waals surface area contributed by atoms with Crippen molar-refractivity contribution in [3.05, 3.63) is 11.7 Å². The van der Waals surface area contributed by atoms with Crippen molar-refractivity contribution in [3.8, 4) is 0 Å². The molecule has 3 fully saturated rings. The van der Waals surface area contributed by atoms with E-state index in [0.717, 1.165) is 24.2 Å². The van der Waals surface area contributed by atoms with Gasteiger partial charge < -0.3 is 9.42 Å². The van der Waals surface area contributed by atoms with E-state index in [0.29, 0.717) is 11.8 Å². The fourth-order valence-corrected chi connectivity index (χ4v) is 2.97. The summed E-state index contributed by atoms with van der Waals surface area (Å²) in [6.07, 6.45) is 3.81. The molecule has 0 aromatic carbocycles. The van der Waals surface area contributed by atoms with Gasteiger partial charge in [-0.1, -0.05) is 5.16 Å². The molecule has 0 N–H and O–H groups in total. The summed E-state index contributed by atoms with van der Waals surface area (Å²) in [5.74, 6) is 3.78. The van der Waals surface area contributed by atoms with Crippen LogP contribution < -0.4 is 0 Å². The first-order valence-corrected chi connectivity index (χ1v) is 5.96. The zero-order valence-electron chi connectivity index (χ0n) is 8.72. The number of fused-ring (bicyclic) bond motifs is 2. The topological polar surface area (TPSA) is 42.2 Å². The van der Waals surface area contributed by atoms with Crippen LogP contribution in [0.4, 0.5) is 0 Å². The van der Waals surface area contributed by atoms with Crippen LogP contribution in [0.15, 0.2) is 4.52 Å². The van der Waals surface area contributed by atoms with E-state index in [4.69, 9.17) is 4.52 Å². The van der Waals surface area contributed by atoms with E-state index in [9.17, 15) is 0 Å². The maximum atomic E-state index is 5.41. The minimum Gasteiger partial charge on any atom is -0.339 e. The molecule has 2 aliphatic heterocycles. The Bertz CT molecular complexity index is 385. The molecular weight excluding hydrogens is 190 g/mol. The van der Waals surface area contributed by atoms with Gasteiger partial charge >= 0.3 is 0 Å². The Morgan fingerprint density at radius 2 is 2.13 bits per heavy atom. The Kier molecular flexibility index (Phi) is 1.55. The first-order chi connectivity index (χ1) is 7.40. The number of hydrogen-bond acceptors (Lipinski definition) is 4. The largest absolute Gasteiger partial charge is 0.339 e. The molecule has 1 aromatic heterocycles. The quantitative estimate of drug-likeness (QED) is 0.731. The van der Waals surface area contributed by atoms with Crippen LogP contribution in [0.5, 0.6) is 0 Å². The van der Waals surface area contributed by atoms with Crippen molar-refractivity contribution in [2.75, 3.05) is 19.6 Å². The molecule has 1 aliphatic carbocycles. The molecule has 0 amide bonds. The monoisotopic (exact) mass is 205 g/mol. The number of nitrogens with zero attached hydrogens (tertiary/aromatic N) is 3. The van der Waals surface area contributed by atoms with E-state index in [1.165, 1.54) is 32.4 Å². The zero-order valence-corrected chi connectivity index (χ0v) is 8.72. The van der Waals surface area contributed by atoms with Gasteiger partial charge in [-0.2, -0.15) is 4.98 Å². The first-order valence-electron chi connectivity index (χ1n) is 5.96. The van der Waals surface area contributed by atoms with Gasteiger partial charge in [-0.3, -0.25) is 0 Å². The third kappa shape index (κ3) is 1.24. The Morgan fingerprint density at radius 1 is 1.20 bits per heavy atom. The van der Waals surface area contributed by atoms with Crippen molar-refractivity contribution in [1.29, 1.82) is 0 Å². The predicted molar refractivity (Wildman–Crippen MR) is 53.6 cm³/mol. The highest BCUT2D eigenvalue weighted by atomic mass is 16.5. The Balaban J connectivity index is 1.60. The molecule has 4 rings (SSSR count). The summed E-state index contributed by atoms with van der Waals surface area (Å²) in [6.45, 7) is 3.65. The van der Waals surface area contributed by atoms with Gasteiger partial charge in [0.25, 0.3) is 0 Å². The second-order valence-corrected chi connectivity index (χ2v) is 5.18. The van der Waals surface area contributed by atoms with Crippen LogP contribution in [-0.4, -0.2) is 34.7 Å². The summed E-state index contributed by atoms with van der Waals surface area (Å²) >= 11 is 0. The number of hydrogen-bond donors (Lipinski definition) is 0. The van der Waals surface area contributed by atoms with Gasteiger partial charge in [0.05, 0.1) is 5.92 Å². The molecule has 3 heterocycles. The predicted octanol–water partition coefficient (Wildman–Crippen LogP) is 1.37. The Hall–Kier alpha value is -0.900. The van der Waals surface area contributed by atoms with Gasteiger partial charge in [0, 0.05) is 19.0 Å². The fraction of sp³-hybridized carbons (Fsp3) is 0.818. The molecule has 0 radical (unpaired) electrons. The highest BCUT2D eigenvalue weighted by Gasteiger charge is 2.42. The van der Waals surface area contributed by atoms with Crippen LogP contribution in [0, 0.1) is 5.92 Å². The van der Waals surface area contributed by atoms with Gasteiger partial charge in [-0.25, -0.2) is 0 Å². The number of rotatable bonds is 2. The molecule has 3 unspecified atom stereocenters. The highest BCUT2D eigenvalue weighted by molar-refractivity contribution is 5.09. The molecule has 3 aliphatic rings. The molecule has 1 saturated carbocycles. The number of aromatic nitrogens is 2. The summed E-state index contributed by atoms with van der Waals surface area (Å²) in [6, 6.07) is 0. The maximum Gasteiger partial charge on any atom is 0.231 e. The summed E-state index contributed by atoms with van der Waals surface area (Å²) in [5.41, 5.74) is 0. The summed E-state index contributed by atoms with van der Waals surface area (Å²) in [5, 5.41) is 4.10. The van der Waals surface area contributed by atoms with Gasteiger partial charge in [0.15, 0.2) is 5.82 Å². The van der Waals surface area contributed by atoms with Gasteiger partial charge in [-0.05, 0) is 31.7 Å². The molecule has 15 heavy (non-hydrogen) atoms. The lowest BCUT2D eigenvalue weighted by molar-refractivity contribution is 0.288. The van der Waals surface area contributed by atoms with Gasteiger partial charge in [0.1, 0.15) is 0 Å². The summed E-state index contributed by atoms with van der Waals surface area (Å²) in [7, 11) is 0. The zero-order chi connectivity index (χ0) is 9.83. The number of piperidine rings is 1. The van der Waals surface area contributed by atoms with Gasteiger partial charge in [-0.15, -0.1) is 0 Å². The van der Waals surface area contributed by atoms with Crippen LogP contribution in [0.25, 0.3) is 0 Å². The first kappa shape index (κ1) is 8.28. The van der Waals surface area contributed by atoms with Crippen LogP contribution in [0.3, 0.4) is 0 Å². The molecule has 0 spiro atoms. The lowest BCUT2D eigenvalue weighted by atomic mass is 9.93. The van der Waals surface area contributed by atoms with Crippen molar-refractivity contribution >= 4 is 0 Å². The van der Waals surface area contributed by atoms with Gasteiger partial charge in [0.2, 0.25) is 5.89 Å². The average Bonchev–Trinajstić information content (AvgIpc) is 2.74. The van der Waals surface area contributed by atoms with E-state index in [-0.39, 0.29) is 0 Å². The molecule has 2 saturated heterocycles. The lowest BCUT2D eigenvalue weighted by Gasteiger charge is -2.17. The molecule has 80 valence electrons. The summed E-state index contributed by atoms with van der Waals surface area (Å²) < 4.78 is 5.41. The van der Waals surface area contributed by atoms with Crippen LogP contribution in [-0.2, 0) is 0 Å². The normalized spacial score (nSPS) is 38.8. The van der Waals surface area contributed by atoms with E-state index in [2.05, 4.69) is 15.0 Å². The minimum atomic E-state index is 0.527.